The standard InChI is InChI=1S/C41H64O27/c1-13-37(68-27(48)10-25(45)46)33(54)36(57)39(62-13)61-12-23-30(51)32(53)35(56)41(67-23)65-21-8-16-17(63-38(21)14-4-19(58-2)28(49)20(5-14)59-3)6-15(42)7-18(16)64-40-34(55)31(52)29(50)22(66-40)11-60-26(47)9-24(43)44/h13-23,28-42,49-57H,4-12H2,1-3H3,(H,43,44)(H,45,46)/t13-,14?,15?,16?,17?,18?,19?,20?,21?,22+,23+,28?,29+,30+,31-,32-,33-,34+,35+,36+,37-,38?,39+,40+,41+/m0/s1. The maximum Gasteiger partial charge on any atom is 0.317 e. The highest BCUT2D eigenvalue weighted by molar-refractivity contribution is 5.90. The molecule has 0 aromatic heterocycles. The van der Waals surface area contributed by atoms with Gasteiger partial charge in [0.15, 0.2) is 25.0 Å². The second kappa shape index (κ2) is 23.6. The number of aliphatic hydroxyl groups excluding tert-OH is 10. The molecule has 0 aromatic rings. The van der Waals surface area contributed by atoms with Gasteiger partial charge in [0.1, 0.15) is 86.6 Å². The molecule has 6 fully saturated rings. The maximum absolute atomic E-state index is 12.0. The van der Waals surface area contributed by atoms with Crippen LogP contribution in [0.5, 0.6) is 0 Å². The van der Waals surface area contributed by atoms with Gasteiger partial charge in [-0.25, -0.2) is 0 Å². The lowest BCUT2D eigenvalue weighted by molar-refractivity contribution is -0.352. The molecule has 0 spiro atoms. The van der Waals surface area contributed by atoms with Crippen molar-refractivity contribution in [1.29, 1.82) is 0 Å². The number of aliphatic carboxylic acids is 2. The van der Waals surface area contributed by atoms with Crippen molar-refractivity contribution in [1.82, 2.24) is 0 Å². The molecular weight excluding hydrogens is 924 g/mol. The Morgan fingerprint density at radius 2 is 1.06 bits per heavy atom. The lowest BCUT2D eigenvalue weighted by Gasteiger charge is -2.53. The van der Waals surface area contributed by atoms with Crippen molar-refractivity contribution in [3.63, 3.8) is 0 Å². The number of fused-ring (bicyclic) bond motifs is 1. The number of carboxylic acid groups (broad SMARTS) is 2. The monoisotopic (exact) mass is 988 g/mol. The smallest absolute Gasteiger partial charge is 0.317 e. The van der Waals surface area contributed by atoms with E-state index >= 15 is 0 Å². The molecule has 6 aliphatic rings. The molecule has 2 aliphatic carbocycles. The van der Waals surface area contributed by atoms with Crippen LogP contribution >= 0.6 is 0 Å². The van der Waals surface area contributed by atoms with Gasteiger partial charge in [-0.15, -0.1) is 0 Å². The summed E-state index contributed by atoms with van der Waals surface area (Å²) in [5.74, 6) is -6.55. The molecule has 27 heteroatoms. The molecule has 390 valence electrons. The van der Waals surface area contributed by atoms with E-state index in [-0.39, 0.29) is 32.1 Å². The van der Waals surface area contributed by atoms with Crippen LogP contribution in [-0.2, 0) is 71.3 Å². The summed E-state index contributed by atoms with van der Waals surface area (Å²) in [6, 6.07) is 0. The van der Waals surface area contributed by atoms with E-state index in [1.807, 2.05) is 0 Å². The molecule has 8 unspecified atom stereocenters. The first-order valence-corrected chi connectivity index (χ1v) is 22.3. The number of methoxy groups -OCH3 is 2. The summed E-state index contributed by atoms with van der Waals surface area (Å²) in [5.41, 5.74) is 0. The summed E-state index contributed by atoms with van der Waals surface area (Å²) in [6.45, 7) is -0.0291. The van der Waals surface area contributed by atoms with Gasteiger partial charge < -0.3 is 113 Å². The van der Waals surface area contributed by atoms with Crippen LogP contribution in [0.4, 0.5) is 0 Å². The predicted molar refractivity (Wildman–Crippen MR) is 213 cm³/mol. The minimum atomic E-state index is -1.93. The Labute approximate surface area is 388 Å². The van der Waals surface area contributed by atoms with Crippen LogP contribution in [0.1, 0.15) is 51.9 Å². The first-order valence-electron chi connectivity index (χ1n) is 22.3. The second-order valence-corrected chi connectivity index (χ2v) is 18.1. The molecule has 0 bridgehead atoms. The molecule has 68 heavy (non-hydrogen) atoms. The second-order valence-electron chi connectivity index (χ2n) is 18.1. The zero-order chi connectivity index (χ0) is 49.9. The highest BCUT2D eigenvalue weighted by Crippen LogP contribution is 2.45. The summed E-state index contributed by atoms with van der Waals surface area (Å²) in [7, 11) is 2.82. The molecule has 0 amide bonds. The van der Waals surface area contributed by atoms with Crippen molar-refractivity contribution < 1.29 is 133 Å². The van der Waals surface area contributed by atoms with Crippen molar-refractivity contribution in [2.45, 2.75) is 193 Å². The Kier molecular flexibility index (Phi) is 18.9. The van der Waals surface area contributed by atoms with Crippen LogP contribution in [0.3, 0.4) is 0 Å². The van der Waals surface area contributed by atoms with E-state index in [2.05, 4.69) is 0 Å². The minimum absolute atomic E-state index is 0.00617. The van der Waals surface area contributed by atoms with Gasteiger partial charge in [-0.05, 0) is 38.5 Å². The van der Waals surface area contributed by atoms with Crippen LogP contribution < -0.4 is 0 Å². The summed E-state index contributed by atoms with van der Waals surface area (Å²) >= 11 is 0. The third-order valence-electron chi connectivity index (χ3n) is 13.5. The van der Waals surface area contributed by atoms with Gasteiger partial charge >= 0.3 is 23.9 Å². The summed E-state index contributed by atoms with van der Waals surface area (Å²) in [4.78, 5) is 45.8. The molecule has 6 rings (SSSR count). The Morgan fingerprint density at radius 1 is 0.529 bits per heavy atom. The summed E-state index contributed by atoms with van der Waals surface area (Å²) in [6.07, 6.45) is -34.7. The lowest BCUT2D eigenvalue weighted by atomic mass is 9.72. The van der Waals surface area contributed by atoms with E-state index in [0.29, 0.717) is 0 Å². The van der Waals surface area contributed by atoms with E-state index in [4.69, 9.17) is 62.3 Å². The molecule has 23 atom stereocenters. The van der Waals surface area contributed by atoms with E-state index in [1.165, 1.54) is 21.1 Å². The predicted octanol–water partition coefficient (Wildman–Crippen LogP) is -6.01. The number of esters is 2. The van der Waals surface area contributed by atoms with Gasteiger partial charge in [0.2, 0.25) is 0 Å². The zero-order valence-electron chi connectivity index (χ0n) is 37.3. The number of hydrogen-bond donors (Lipinski definition) is 12. The molecule has 0 aromatic carbocycles. The molecule has 4 saturated heterocycles. The molecule has 12 N–H and O–H groups in total. The summed E-state index contributed by atoms with van der Waals surface area (Å²) < 4.78 is 63.5. The van der Waals surface area contributed by atoms with Crippen molar-refractivity contribution in [3.05, 3.63) is 0 Å². The first kappa shape index (κ1) is 54.5. The van der Waals surface area contributed by atoms with E-state index in [0.717, 1.165) is 0 Å². The van der Waals surface area contributed by atoms with E-state index < -0.39 is 203 Å². The maximum atomic E-state index is 12.0. The molecule has 4 aliphatic heterocycles. The fourth-order valence-corrected chi connectivity index (χ4v) is 9.87. The number of aliphatic hydroxyl groups is 10. The Balaban J connectivity index is 1.20. The number of carbonyl (C=O) groups excluding carboxylic acids is 2. The van der Waals surface area contributed by atoms with Crippen molar-refractivity contribution in [2.24, 2.45) is 11.8 Å². The Hall–Kier alpha value is -2.88. The average Bonchev–Trinajstić information content (AvgIpc) is 3.28. The fourth-order valence-electron chi connectivity index (χ4n) is 9.87. The number of ether oxygens (including phenoxy) is 11. The molecular formula is C41H64O27. The van der Waals surface area contributed by atoms with Crippen molar-refractivity contribution in [3.8, 4) is 0 Å². The van der Waals surface area contributed by atoms with Gasteiger partial charge in [0.05, 0.1) is 55.4 Å². The minimum Gasteiger partial charge on any atom is -0.481 e. The number of rotatable bonds is 17. The molecule has 0 radical (unpaired) electrons. The van der Waals surface area contributed by atoms with Crippen LogP contribution in [-0.4, -0.2) is 254 Å². The molecule has 2 saturated carbocycles. The Morgan fingerprint density at radius 3 is 1.62 bits per heavy atom. The van der Waals surface area contributed by atoms with Gasteiger partial charge in [-0.3, -0.25) is 19.2 Å². The van der Waals surface area contributed by atoms with Crippen LogP contribution in [0.2, 0.25) is 0 Å². The third kappa shape index (κ3) is 12.6. The molecule has 4 heterocycles. The number of hydrogen-bond acceptors (Lipinski definition) is 25. The highest BCUT2D eigenvalue weighted by atomic mass is 16.7. The molecule has 27 nitrogen and oxygen atoms in total. The van der Waals surface area contributed by atoms with E-state index in [1.54, 1.807) is 0 Å². The van der Waals surface area contributed by atoms with Gasteiger partial charge in [0, 0.05) is 26.6 Å². The first-order chi connectivity index (χ1) is 32.1. The van der Waals surface area contributed by atoms with E-state index in [9.17, 15) is 70.2 Å². The SMILES string of the molecule is COC1CC(C2OC3CC(O)CC(O[C@@H]4O[C@H](COC(=O)CC(=O)O)[C@@H](O)[C@H](O)[C@H]4O)C3CC2O[C@@H]2O[C@H](CO[C@@H]3O[C@@H](C)[C@H](OC(=O)CC(=O)O)[C@@H](O)[C@H]3O)[C@@H](O)[C@H](O)[C@H]2O)CC(OC)C1O. The normalized spacial score (nSPS) is 46.5. The van der Waals surface area contributed by atoms with Gasteiger partial charge in [-0.2, -0.15) is 0 Å². The lowest BCUT2D eigenvalue weighted by Crippen LogP contribution is -2.64. The topological polar surface area (TPSA) is 413 Å². The zero-order valence-corrected chi connectivity index (χ0v) is 37.3. The summed E-state index contributed by atoms with van der Waals surface area (Å²) in [5, 5.41) is 127. The Bertz CT molecular complexity index is 1680. The van der Waals surface area contributed by atoms with Crippen LogP contribution in [0.15, 0.2) is 0 Å². The fraction of sp³-hybridized carbons (Fsp3) is 0.902. The van der Waals surface area contributed by atoms with Crippen LogP contribution in [0.25, 0.3) is 0 Å². The van der Waals surface area contributed by atoms with Gasteiger partial charge in [0.25, 0.3) is 0 Å². The van der Waals surface area contributed by atoms with Gasteiger partial charge in [-0.1, -0.05) is 0 Å². The average molecular weight is 989 g/mol. The number of carbonyl (C=O) groups is 4. The van der Waals surface area contributed by atoms with Crippen molar-refractivity contribution >= 4 is 23.9 Å². The quantitative estimate of drug-likeness (QED) is 0.0477. The van der Waals surface area contributed by atoms with Crippen LogP contribution in [0, 0.1) is 11.8 Å². The van der Waals surface area contributed by atoms with Crippen molar-refractivity contribution in [2.75, 3.05) is 27.4 Å². The highest BCUT2D eigenvalue weighted by Gasteiger charge is 2.55. The third-order valence-corrected chi connectivity index (χ3v) is 13.5. The number of carboxylic acids is 2. The largest absolute Gasteiger partial charge is 0.481 e.